The number of nitrogens with one attached hydrogen (secondary N) is 1. The number of carbonyl (C=O) groups is 1. The van der Waals surface area contributed by atoms with Gasteiger partial charge >= 0.3 is 5.69 Å². The van der Waals surface area contributed by atoms with E-state index in [9.17, 15) is 14.4 Å². The van der Waals surface area contributed by atoms with Crippen LogP contribution >= 0.6 is 11.3 Å². The number of hydrogen-bond donors (Lipinski definition) is 1. The fourth-order valence-electron chi connectivity index (χ4n) is 3.63. The van der Waals surface area contributed by atoms with Gasteiger partial charge in [-0.05, 0) is 61.0 Å². The predicted octanol–water partition coefficient (Wildman–Crippen LogP) is 3.47. The van der Waals surface area contributed by atoms with Crippen LogP contribution in [-0.2, 0) is 14.1 Å². The summed E-state index contributed by atoms with van der Waals surface area (Å²) in [6, 6.07) is 16.6. The summed E-state index contributed by atoms with van der Waals surface area (Å²) in [5, 5.41) is 3.99. The second-order valence-electron chi connectivity index (χ2n) is 7.80. The summed E-state index contributed by atoms with van der Waals surface area (Å²) in [6.45, 7) is 2.06. The zero-order chi connectivity index (χ0) is 23.3. The Morgan fingerprint density at radius 1 is 0.939 bits per heavy atom. The van der Waals surface area contributed by atoms with Crippen LogP contribution in [-0.4, -0.2) is 25.0 Å². The third-order valence-electron chi connectivity index (χ3n) is 5.47. The maximum atomic E-state index is 12.8. The molecular weight excluding hydrogens is 438 g/mol. The van der Waals surface area contributed by atoms with Gasteiger partial charge in [0.1, 0.15) is 16.3 Å². The molecule has 0 saturated heterocycles. The minimum Gasteiger partial charge on any atom is -0.321 e. The van der Waals surface area contributed by atoms with E-state index in [0.29, 0.717) is 5.69 Å². The highest BCUT2D eigenvalue weighted by atomic mass is 32.1. The Labute approximate surface area is 191 Å². The fourth-order valence-corrected chi connectivity index (χ4v) is 4.70. The van der Waals surface area contributed by atoms with Crippen LogP contribution in [0.25, 0.3) is 31.8 Å². The van der Waals surface area contributed by atoms with Crippen LogP contribution in [0.4, 0.5) is 5.69 Å². The molecule has 0 unspecified atom stereocenters. The lowest BCUT2D eigenvalue weighted by atomic mass is 10.2. The molecule has 5 rings (SSSR count). The normalized spacial score (nSPS) is 11.2. The maximum absolute atomic E-state index is 12.8. The number of rotatable bonds is 3. The highest BCUT2D eigenvalue weighted by Gasteiger charge is 2.14. The fraction of sp³-hybridized carbons (Fsp3) is 0.125. The summed E-state index contributed by atoms with van der Waals surface area (Å²) in [5.74, 6) is -0.437. The van der Waals surface area contributed by atoms with Gasteiger partial charge in [0.15, 0.2) is 0 Å². The minimum absolute atomic E-state index is 0.108. The number of hydrogen-bond acceptors (Lipinski definition) is 6. The molecule has 0 spiro atoms. The average Bonchev–Trinajstić information content (AvgIpc) is 3.24. The number of aryl methyl sites for hydroxylation is 2. The lowest BCUT2D eigenvalue weighted by Gasteiger charge is -2.09. The van der Waals surface area contributed by atoms with E-state index in [2.05, 4.69) is 28.3 Å². The SMILES string of the molecule is Cc1ccc2nc(-c3ccc(NC(=O)c4ccc5c(=O)n(C)c(=O)n(C)c5n4)cc3)sc2c1. The summed E-state index contributed by atoms with van der Waals surface area (Å²) in [7, 11) is 2.92. The van der Waals surface area contributed by atoms with E-state index in [4.69, 9.17) is 0 Å². The number of pyridine rings is 1. The Kier molecular flexibility index (Phi) is 4.90. The molecule has 1 amide bonds. The first-order chi connectivity index (χ1) is 15.8. The quantitative estimate of drug-likeness (QED) is 0.447. The number of thiazole rings is 1. The molecule has 164 valence electrons. The summed E-state index contributed by atoms with van der Waals surface area (Å²) in [4.78, 5) is 46.2. The van der Waals surface area contributed by atoms with E-state index in [1.807, 2.05) is 24.3 Å². The van der Waals surface area contributed by atoms with Crippen molar-refractivity contribution >= 4 is 44.2 Å². The van der Waals surface area contributed by atoms with Crippen LogP contribution in [0.3, 0.4) is 0 Å². The summed E-state index contributed by atoms with van der Waals surface area (Å²) in [6.07, 6.45) is 0. The molecule has 0 aliphatic heterocycles. The third-order valence-corrected chi connectivity index (χ3v) is 6.54. The maximum Gasteiger partial charge on any atom is 0.332 e. The molecule has 0 fully saturated rings. The molecule has 1 N–H and O–H groups in total. The summed E-state index contributed by atoms with van der Waals surface area (Å²) < 4.78 is 3.40. The van der Waals surface area contributed by atoms with Crippen LogP contribution in [0.2, 0.25) is 0 Å². The average molecular weight is 458 g/mol. The number of amides is 1. The van der Waals surface area contributed by atoms with Crippen molar-refractivity contribution < 1.29 is 4.79 Å². The van der Waals surface area contributed by atoms with E-state index in [0.717, 1.165) is 25.4 Å². The Bertz CT molecular complexity index is 1680. The van der Waals surface area contributed by atoms with Crippen molar-refractivity contribution in [2.24, 2.45) is 14.1 Å². The van der Waals surface area contributed by atoms with E-state index < -0.39 is 17.2 Å². The minimum atomic E-state index is -0.502. The smallest absolute Gasteiger partial charge is 0.321 e. The molecule has 5 aromatic rings. The van der Waals surface area contributed by atoms with E-state index in [1.54, 1.807) is 23.5 Å². The molecule has 0 atom stereocenters. The van der Waals surface area contributed by atoms with Gasteiger partial charge in [0.2, 0.25) is 0 Å². The van der Waals surface area contributed by atoms with E-state index >= 15 is 0 Å². The van der Waals surface area contributed by atoms with Crippen molar-refractivity contribution in [2.45, 2.75) is 6.92 Å². The molecule has 0 bridgehead atoms. The Morgan fingerprint density at radius 2 is 1.70 bits per heavy atom. The molecule has 0 aliphatic rings. The lowest BCUT2D eigenvalue weighted by molar-refractivity contribution is 0.102. The third kappa shape index (κ3) is 3.62. The van der Waals surface area contributed by atoms with Gasteiger partial charge in [-0.2, -0.15) is 0 Å². The zero-order valence-corrected chi connectivity index (χ0v) is 18.9. The number of aromatic nitrogens is 4. The highest BCUT2D eigenvalue weighted by Crippen LogP contribution is 2.31. The lowest BCUT2D eigenvalue weighted by Crippen LogP contribution is -2.37. The van der Waals surface area contributed by atoms with Crippen molar-refractivity contribution in [3.63, 3.8) is 0 Å². The molecule has 0 radical (unpaired) electrons. The first-order valence-electron chi connectivity index (χ1n) is 10.2. The van der Waals surface area contributed by atoms with Gasteiger partial charge in [0, 0.05) is 25.3 Å². The first-order valence-corrected chi connectivity index (χ1v) is 11.0. The molecule has 0 aliphatic carbocycles. The van der Waals surface area contributed by atoms with Crippen LogP contribution in [0, 0.1) is 6.92 Å². The number of nitrogens with zero attached hydrogens (tertiary/aromatic N) is 4. The number of carbonyl (C=O) groups excluding carboxylic acids is 1. The van der Waals surface area contributed by atoms with Gasteiger partial charge in [-0.3, -0.25) is 18.7 Å². The Hall–Kier alpha value is -4.11. The molecule has 0 saturated carbocycles. The van der Waals surface area contributed by atoms with Crippen LogP contribution in [0.5, 0.6) is 0 Å². The van der Waals surface area contributed by atoms with Crippen LogP contribution < -0.4 is 16.6 Å². The van der Waals surface area contributed by atoms with E-state index in [-0.39, 0.29) is 16.7 Å². The largest absolute Gasteiger partial charge is 0.332 e. The summed E-state index contributed by atoms with van der Waals surface area (Å²) >= 11 is 1.62. The second kappa shape index (κ2) is 7.79. The van der Waals surface area contributed by atoms with Crippen molar-refractivity contribution in [3.8, 4) is 10.6 Å². The topological polar surface area (TPSA) is 98.9 Å². The number of benzene rings is 2. The molecular formula is C24H19N5O3S. The highest BCUT2D eigenvalue weighted by molar-refractivity contribution is 7.21. The van der Waals surface area contributed by atoms with Crippen LogP contribution in [0.1, 0.15) is 16.1 Å². The van der Waals surface area contributed by atoms with E-state index in [1.165, 1.54) is 36.4 Å². The summed E-state index contributed by atoms with van der Waals surface area (Å²) in [5.41, 5.74) is 3.03. The molecule has 33 heavy (non-hydrogen) atoms. The molecule has 2 aromatic carbocycles. The Morgan fingerprint density at radius 3 is 2.45 bits per heavy atom. The van der Waals surface area contributed by atoms with Gasteiger partial charge in [0.25, 0.3) is 11.5 Å². The predicted molar refractivity (Wildman–Crippen MR) is 130 cm³/mol. The van der Waals surface area contributed by atoms with Gasteiger partial charge in [0.05, 0.1) is 15.6 Å². The van der Waals surface area contributed by atoms with Crippen molar-refractivity contribution in [2.75, 3.05) is 5.32 Å². The van der Waals surface area contributed by atoms with Crippen molar-refractivity contribution in [3.05, 3.63) is 86.7 Å². The van der Waals surface area contributed by atoms with Gasteiger partial charge in [-0.25, -0.2) is 14.8 Å². The van der Waals surface area contributed by atoms with Crippen LogP contribution in [0.15, 0.2) is 64.2 Å². The number of fused-ring (bicyclic) bond motifs is 2. The van der Waals surface area contributed by atoms with Gasteiger partial charge in [-0.15, -0.1) is 11.3 Å². The van der Waals surface area contributed by atoms with Gasteiger partial charge in [-0.1, -0.05) is 6.07 Å². The van der Waals surface area contributed by atoms with Gasteiger partial charge < -0.3 is 5.32 Å². The second-order valence-corrected chi connectivity index (χ2v) is 8.83. The van der Waals surface area contributed by atoms with Crippen molar-refractivity contribution in [1.29, 1.82) is 0 Å². The molecule has 8 nitrogen and oxygen atoms in total. The monoisotopic (exact) mass is 457 g/mol. The molecule has 3 aromatic heterocycles. The standard InChI is InChI=1S/C24H19N5O3S/c1-13-4-10-17-19(12-13)33-22(27-17)14-5-7-15(8-6-14)25-21(30)18-11-9-16-20(26-18)28(2)24(32)29(3)23(16)31/h4-12H,1-3H3,(H,25,30). The molecule has 3 heterocycles. The zero-order valence-electron chi connectivity index (χ0n) is 18.1. The first kappa shape index (κ1) is 20.8. The molecule has 9 heteroatoms. The Balaban J connectivity index is 1.41. The number of anilines is 1. The van der Waals surface area contributed by atoms with Crippen molar-refractivity contribution in [1.82, 2.24) is 19.1 Å².